The molecule has 0 radical (unpaired) electrons. The van der Waals surface area contributed by atoms with E-state index in [1.807, 2.05) is 0 Å². The minimum Gasteiger partial charge on any atom is -0.488 e. The van der Waals surface area contributed by atoms with Crippen molar-refractivity contribution in [1.29, 1.82) is 0 Å². The molecule has 1 atom stereocenters. The van der Waals surface area contributed by atoms with E-state index < -0.39 is 6.10 Å². The number of rotatable bonds is 3. The average molecular weight is 197 g/mol. The maximum absolute atomic E-state index is 9.01. The molecule has 1 unspecified atom stereocenters. The lowest BCUT2D eigenvalue weighted by Gasteiger charge is -2.08. The van der Waals surface area contributed by atoms with Crippen LogP contribution in [0.4, 0.5) is 0 Å². The number of hydrogen-bond donors (Lipinski definition) is 1. The van der Waals surface area contributed by atoms with E-state index in [9.17, 15) is 0 Å². The van der Waals surface area contributed by atoms with Crippen LogP contribution in [-0.2, 0) is 0 Å². The quantitative estimate of drug-likeness (QED) is 0.746. The molecule has 0 aliphatic rings. The summed E-state index contributed by atoms with van der Waals surface area (Å²) in [5, 5.41) is 9.51. The summed E-state index contributed by atoms with van der Waals surface area (Å²) < 4.78 is 5.16. The third-order valence-corrected chi connectivity index (χ3v) is 1.74. The van der Waals surface area contributed by atoms with Gasteiger partial charge in [-0.3, -0.25) is 0 Å². The van der Waals surface area contributed by atoms with Crippen molar-refractivity contribution in [2.45, 2.75) is 6.10 Å². The summed E-state index contributed by atoms with van der Waals surface area (Å²) in [6, 6.07) is 7.01. The van der Waals surface area contributed by atoms with Crippen LogP contribution in [0.3, 0.4) is 0 Å². The van der Waals surface area contributed by atoms with Crippen molar-refractivity contribution in [3.05, 3.63) is 29.3 Å². The zero-order chi connectivity index (χ0) is 9.68. The molecule has 0 aliphatic carbocycles. The molecular weight excluding hydrogens is 188 g/mol. The fourth-order valence-corrected chi connectivity index (χ4v) is 0.969. The van der Waals surface area contributed by atoms with Crippen molar-refractivity contribution in [2.75, 3.05) is 6.61 Å². The van der Waals surface area contributed by atoms with E-state index in [1.165, 1.54) is 0 Å². The van der Waals surface area contributed by atoms with Gasteiger partial charge in [0.25, 0.3) is 0 Å². The number of terminal acetylenes is 1. The highest BCUT2D eigenvalue weighted by atomic mass is 35.5. The van der Waals surface area contributed by atoms with E-state index >= 15 is 0 Å². The van der Waals surface area contributed by atoms with Crippen LogP contribution in [-0.4, -0.2) is 17.8 Å². The summed E-state index contributed by atoms with van der Waals surface area (Å²) in [7, 11) is 0. The van der Waals surface area contributed by atoms with Gasteiger partial charge in [0.05, 0.1) is 5.02 Å². The van der Waals surface area contributed by atoms with Crippen molar-refractivity contribution >= 4 is 11.6 Å². The first-order valence-corrected chi connectivity index (χ1v) is 4.13. The van der Waals surface area contributed by atoms with E-state index in [4.69, 9.17) is 27.9 Å². The van der Waals surface area contributed by atoms with E-state index in [0.717, 1.165) is 0 Å². The van der Waals surface area contributed by atoms with Crippen LogP contribution in [0.25, 0.3) is 0 Å². The second kappa shape index (κ2) is 4.76. The molecule has 0 bridgehead atoms. The first kappa shape index (κ1) is 9.91. The number of halogens is 1. The van der Waals surface area contributed by atoms with Gasteiger partial charge in [-0.05, 0) is 12.1 Å². The normalized spacial score (nSPS) is 11.8. The Hall–Kier alpha value is -1.17. The van der Waals surface area contributed by atoms with Gasteiger partial charge in [-0.2, -0.15) is 0 Å². The maximum Gasteiger partial charge on any atom is 0.148 e. The van der Waals surface area contributed by atoms with Crippen molar-refractivity contribution in [3.63, 3.8) is 0 Å². The molecule has 1 N–H and O–H groups in total. The number of hydrogen-bond acceptors (Lipinski definition) is 2. The van der Waals surface area contributed by atoms with Crippen LogP contribution < -0.4 is 4.74 Å². The lowest BCUT2D eigenvalue weighted by molar-refractivity contribution is 0.152. The van der Waals surface area contributed by atoms with Crippen LogP contribution in [0.5, 0.6) is 5.75 Å². The molecule has 0 amide bonds. The molecule has 0 spiro atoms. The Bertz CT molecular complexity index is 317. The largest absolute Gasteiger partial charge is 0.488 e. The zero-order valence-electron chi connectivity index (χ0n) is 6.90. The number of aliphatic hydroxyl groups excluding tert-OH is 1. The third kappa shape index (κ3) is 2.98. The lowest BCUT2D eigenvalue weighted by atomic mass is 10.3. The molecule has 0 heterocycles. The average Bonchev–Trinajstić information content (AvgIpc) is 2.16. The van der Waals surface area contributed by atoms with Crippen LogP contribution in [0, 0.1) is 12.3 Å². The summed E-state index contributed by atoms with van der Waals surface area (Å²) in [5.41, 5.74) is 0. The highest BCUT2D eigenvalue weighted by Crippen LogP contribution is 2.22. The second-order valence-electron chi connectivity index (χ2n) is 2.42. The Balaban J connectivity index is 2.56. The Morgan fingerprint density at radius 1 is 1.54 bits per heavy atom. The van der Waals surface area contributed by atoms with E-state index in [1.54, 1.807) is 24.3 Å². The molecule has 0 aliphatic heterocycles. The molecule has 1 aromatic rings. The van der Waals surface area contributed by atoms with Crippen molar-refractivity contribution in [3.8, 4) is 18.1 Å². The van der Waals surface area contributed by atoms with Crippen molar-refractivity contribution in [2.24, 2.45) is 0 Å². The van der Waals surface area contributed by atoms with Gasteiger partial charge >= 0.3 is 0 Å². The highest BCUT2D eigenvalue weighted by Gasteiger charge is 2.02. The van der Waals surface area contributed by atoms with Gasteiger partial charge < -0.3 is 9.84 Å². The second-order valence-corrected chi connectivity index (χ2v) is 2.83. The zero-order valence-corrected chi connectivity index (χ0v) is 7.66. The number of ether oxygens (including phenoxy) is 1. The minimum absolute atomic E-state index is 0.0558. The summed E-state index contributed by atoms with van der Waals surface area (Å²) in [5.74, 6) is 2.67. The van der Waals surface area contributed by atoms with Gasteiger partial charge in [-0.1, -0.05) is 29.7 Å². The van der Waals surface area contributed by atoms with Crippen molar-refractivity contribution in [1.82, 2.24) is 0 Å². The summed E-state index contributed by atoms with van der Waals surface area (Å²) in [6.45, 7) is 0.0558. The van der Waals surface area contributed by atoms with Crippen LogP contribution in [0.15, 0.2) is 24.3 Å². The minimum atomic E-state index is -0.892. The third-order valence-electron chi connectivity index (χ3n) is 1.43. The first-order valence-electron chi connectivity index (χ1n) is 3.75. The van der Waals surface area contributed by atoms with E-state index in [0.29, 0.717) is 10.8 Å². The molecule has 0 fully saturated rings. The Morgan fingerprint density at radius 3 is 2.85 bits per heavy atom. The maximum atomic E-state index is 9.01. The molecule has 68 valence electrons. The molecule has 1 rings (SSSR count). The van der Waals surface area contributed by atoms with Crippen LogP contribution >= 0.6 is 11.6 Å². The molecule has 1 aromatic carbocycles. The van der Waals surface area contributed by atoms with Gasteiger partial charge in [-0.15, -0.1) is 6.42 Å². The highest BCUT2D eigenvalue weighted by molar-refractivity contribution is 6.32. The molecule has 0 saturated heterocycles. The number of para-hydroxylation sites is 1. The van der Waals surface area contributed by atoms with Gasteiger partial charge in [0.1, 0.15) is 18.5 Å². The molecular formula is C10H9ClO2. The first-order chi connectivity index (χ1) is 6.24. The van der Waals surface area contributed by atoms with Gasteiger partial charge in [-0.25, -0.2) is 0 Å². The van der Waals surface area contributed by atoms with Gasteiger partial charge in [0, 0.05) is 0 Å². The Morgan fingerprint density at radius 2 is 2.23 bits per heavy atom. The summed E-state index contributed by atoms with van der Waals surface area (Å²) in [4.78, 5) is 0. The van der Waals surface area contributed by atoms with Crippen molar-refractivity contribution < 1.29 is 9.84 Å². The standard InChI is InChI=1S/C10H9ClO2/c1-2-8(12)7-13-10-6-4-3-5-9(10)11/h1,3-6,8,12H,7H2. The predicted molar refractivity (Wildman–Crippen MR) is 51.8 cm³/mol. The Labute approximate surface area is 82.1 Å². The smallest absolute Gasteiger partial charge is 0.148 e. The van der Waals surface area contributed by atoms with Gasteiger partial charge in [0.2, 0.25) is 0 Å². The molecule has 0 aromatic heterocycles. The molecule has 13 heavy (non-hydrogen) atoms. The fraction of sp³-hybridized carbons (Fsp3) is 0.200. The van der Waals surface area contributed by atoms with Crippen LogP contribution in [0.2, 0.25) is 5.02 Å². The monoisotopic (exact) mass is 196 g/mol. The van der Waals surface area contributed by atoms with E-state index in [2.05, 4.69) is 5.92 Å². The predicted octanol–water partition coefficient (Wildman–Crippen LogP) is 1.71. The SMILES string of the molecule is C#CC(O)COc1ccccc1Cl. The summed E-state index contributed by atoms with van der Waals surface area (Å²) in [6.07, 6.45) is 4.07. The number of aliphatic hydroxyl groups is 1. The molecule has 0 saturated carbocycles. The molecule has 3 heteroatoms. The Kier molecular flexibility index (Phi) is 3.63. The number of benzene rings is 1. The van der Waals surface area contributed by atoms with Gasteiger partial charge in [0.15, 0.2) is 0 Å². The fourth-order valence-electron chi connectivity index (χ4n) is 0.779. The topological polar surface area (TPSA) is 29.5 Å². The summed E-state index contributed by atoms with van der Waals surface area (Å²) >= 11 is 5.79. The lowest BCUT2D eigenvalue weighted by Crippen LogP contribution is -2.14. The molecule has 2 nitrogen and oxygen atoms in total. The van der Waals surface area contributed by atoms with E-state index in [-0.39, 0.29) is 6.61 Å². The van der Waals surface area contributed by atoms with Crippen LogP contribution in [0.1, 0.15) is 0 Å².